The van der Waals surface area contributed by atoms with E-state index in [9.17, 15) is 9.59 Å². The second-order valence-electron chi connectivity index (χ2n) is 7.41. The van der Waals surface area contributed by atoms with Crippen molar-refractivity contribution in [2.24, 2.45) is 5.92 Å². The molecule has 152 valence electrons. The van der Waals surface area contributed by atoms with Crippen LogP contribution in [-0.2, 0) is 15.1 Å². The van der Waals surface area contributed by atoms with Crippen molar-refractivity contribution in [1.82, 2.24) is 15.1 Å². The summed E-state index contributed by atoms with van der Waals surface area (Å²) in [6, 6.07) is 9.06. The van der Waals surface area contributed by atoms with Crippen molar-refractivity contribution in [1.29, 1.82) is 0 Å². The van der Waals surface area contributed by atoms with Gasteiger partial charge < -0.3 is 16.0 Å². The molecule has 1 saturated heterocycles. The first-order valence-electron chi connectivity index (χ1n) is 9.42. The summed E-state index contributed by atoms with van der Waals surface area (Å²) in [5, 5.41) is 13.5. The molecule has 0 unspecified atom stereocenters. The molecule has 0 radical (unpaired) electrons. The molecule has 1 aromatic heterocycles. The zero-order valence-corrected chi connectivity index (χ0v) is 17.1. The molecule has 3 rings (SSSR count). The molecule has 0 bridgehead atoms. The Kier molecular flexibility index (Phi) is 7.60. The van der Waals surface area contributed by atoms with Gasteiger partial charge in [0.15, 0.2) is 0 Å². The Hall–Kier alpha value is -2.38. The molecule has 0 atom stereocenters. The van der Waals surface area contributed by atoms with Gasteiger partial charge in [0, 0.05) is 30.2 Å². The summed E-state index contributed by atoms with van der Waals surface area (Å²) in [7, 11) is 0. The Morgan fingerprint density at radius 1 is 1.14 bits per heavy atom. The quantitative estimate of drug-likeness (QED) is 0.689. The van der Waals surface area contributed by atoms with Gasteiger partial charge in [-0.1, -0.05) is 13.8 Å². The zero-order chi connectivity index (χ0) is 19.3. The summed E-state index contributed by atoms with van der Waals surface area (Å²) in [4.78, 5) is 25.0. The molecule has 0 aliphatic carbocycles. The van der Waals surface area contributed by atoms with Crippen LogP contribution in [0.15, 0.2) is 42.7 Å². The number of anilines is 2. The van der Waals surface area contributed by atoms with Gasteiger partial charge in [-0.05, 0) is 62.2 Å². The molecule has 1 aliphatic heterocycles. The van der Waals surface area contributed by atoms with Crippen LogP contribution in [0, 0.1) is 5.92 Å². The number of nitrogens with one attached hydrogen (secondary N) is 3. The molecule has 8 heteroatoms. The van der Waals surface area contributed by atoms with Gasteiger partial charge in [0.1, 0.15) is 5.54 Å². The van der Waals surface area contributed by atoms with Gasteiger partial charge in [-0.2, -0.15) is 5.10 Å². The highest BCUT2D eigenvalue weighted by molar-refractivity contribution is 5.97. The third-order valence-electron chi connectivity index (χ3n) is 4.82. The Morgan fingerprint density at radius 2 is 1.75 bits per heavy atom. The van der Waals surface area contributed by atoms with E-state index in [1.807, 2.05) is 26.1 Å². The molecule has 2 aromatic rings. The van der Waals surface area contributed by atoms with Crippen LogP contribution in [0.25, 0.3) is 0 Å². The summed E-state index contributed by atoms with van der Waals surface area (Å²) in [5.74, 6) is 0.241. The number of carbonyl (C=O) groups excluding carboxylic acids is 2. The Labute approximate surface area is 171 Å². The highest BCUT2D eigenvalue weighted by Crippen LogP contribution is 2.29. The number of piperidine rings is 1. The van der Waals surface area contributed by atoms with E-state index in [1.165, 1.54) is 0 Å². The van der Waals surface area contributed by atoms with E-state index >= 15 is 0 Å². The van der Waals surface area contributed by atoms with Crippen LogP contribution in [0.1, 0.15) is 33.1 Å². The van der Waals surface area contributed by atoms with Crippen molar-refractivity contribution < 1.29 is 9.59 Å². The van der Waals surface area contributed by atoms with Gasteiger partial charge in [-0.3, -0.25) is 14.3 Å². The third-order valence-corrected chi connectivity index (χ3v) is 4.82. The van der Waals surface area contributed by atoms with Crippen LogP contribution in [0.5, 0.6) is 0 Å². The molecule has 3 N–H and O–H groups in total. The van der Waals surface area contributed by atoms with Crippen LogP contribution in [-0.4, -0.2) is 34.7 Å². The van der Waals surface area contributed by atoms with Crippen molar-refractivity contribution in [2.75, 3.05) is 23.7 Å². The fourth-order valence-corrected chi connectivity index (χ4v) is 3.39. The van der Waals surface area contributed by atoms with Gasteiger partial charge in [0.05, 0.1) is 0 Å². The van der Waals surface area contributed by atoms with E-state index in [0.717, 1.165) is 18.8 Å². The highest BCUT2D eigenvalue weighted by Gasteiger charge is 2.42. The maximum absolute atomic E-state index is 13.1. The van der Waals surface area contributed by atoms with Crippen LogP contribution in [0.2, 0.25) is 0 Å². The SMILES string of the molecule is CC(C)CC(=O)Nc1ccc(NC(=O)C2(n3cccn3)CCNCC2)cc1.Cl. The van der Waals surface area contributed by atoms with E-state index in [-0.39, 0.29) is 24.2 Å². The predicted molar refractivity (Wildman–Crippen MR) is 113 cm³/mol. The topological polar surface area (TPSA) is 88.1 Å². The van der Waals surface area contributed by atoms with Crippen molar-refractivity contribution in [2.45, 2.75) is 38.6 Å². The summed E-state index contributed by atoms with van der Waals surface area (Å²) >= 11 is 0. The number of nitrogens with zero attached hydrogens (tertiary/aromatic N) is 2. The Balaban J connectivity index is 0.00000280. The first kappa shape index (κ1) is 21.9. The maximum Gasteiger partial charge on any atom is 0.252 e. The van der Waals surface area contributed by atoms with Crippen LogP contribution >= 0.6 is 12.4 Å². The lowest BCUT2D eigenvalue weighted by Crippen LogP contribution is -2.52. The Morgan fingerprint density at radius 3 is 2.29 bits per heavy atom. The van der Waals surface area contributed by atoms with Gasteiger partial charge in [0.2, 0.25) is 5.91 Å². The molecule has 1 aliphatic rings. The van der Waals surface area contributed by atoms with Crippen molar-refractivity contribution >= 4 is 35.6 Å². The monoisotopic (exact) mass is 405 g/mol. The lowest BCUT2D eigenvalue weighted by molar-refractivity contribution is -0.126. The van der Waals surface area contributed by atoms with Crippen molar-refractivity contribution in [3.05, 3.63) is 42.7 Å². The minimum atomic E-state index is -0.682. The molecule has 2 amide bonds. The average Bonchev–Trinajstić information content (AvgIpc) is 3.18. The van der Waals surface area contributed by atoms with Gasteiger partial charge >= 0.3 is 0 Å². The fourth-order valence-electron chi connectivity index (χ4n) is 3.39. The molecule has 1 aromatic carbocycles. The summed E-state index contributed by atoms with van der Waals surface area (Å²) in [6.45, 7) is 5.56. The van der Waals surface area contributed by atoms with E-state index in [1.54, 1.807) is 35.1 Å². The number of aromatic nitrogens is 2. The highest BCUT2D eigenvalue weighted by atomic mass is 35.5. The molecule has 0 saturated carbocycles. The molecule has 2 heterocycles. The van der Waals surface area contributed by atoms with E-state index in [0.29, 0.717) is 30.9 Å². The summed E-state index contributed by atoms with van der Waals surface area (Å²) in [6.07, 6.45) is 5.40. The maximum atomic E-state index is 13.1. The molecule has 1 fully saturated rings. The van der Waals surface area contributed by atoms with E-state index in [2.05, 4.69) is 21.0 Å². The van der Waals surface area contributed by atoms with Crippen molar-refractivity contribution in [3.63, 3.8) is 0 Å². The van der Waals surface area contributed by atoms with Crippen LogP contribution < -0.4 is 16.0 Å². The normalized spacial score (nSPS) is 15.5. The van der Waals surface area contributed by atoms with E-state index < -0.39 is 5.54 Å². The second-order valence-corrected chi connectivity index (χ2v) is 7.41. The second kappa shape index (κ2) is 9.71. The van der Waals surface area contributed by atoms with Crippen LogP contribution in [0.4, 0.5) is 11.4 Å². The first-order valence-corrected chi connectivity index (χ1v) is 9.42. The van der Waals surface area contributed by atoms with Gasteiger partial charge in [-0.15, -0.1) is 12.4 Å². The number of halogens is 1. The largest absolute Gasteiger partial charge is 0.326 e. The number of benzene rings is 1. The Bertz CT molecular complexity index is 768. The molecular formula is C20H28ClN5O2. The first-order chi connectivity index (χ1) is 13.0. The lowest BCUT2D eigenvalue weighted by Gasteiger charge is -2.36. The minimum absolute atomic E-state index is 0. The van der Waals surface area contributed by atoms with Gasteiger partial charge in [-0.25, -0.2) is 0 Å². The van der Waals surface area contributed by atoms with Gasteiger partial charge in [0.25, 0.3) is 5.91 Å². The summed E-state index contributed by atoms with van der Waals surface area (Å²) in [5.41, 5.74) is 0.744. The number of hydrogen-bond donors (Lipinski definition) is 3. The lowest BCUT2D eigenvalue weighted by atomic mass is 9.87. The van der Waals surface area contributed by atoms with Crippen molar-refractivity contribution in [3.8, 4) is 0 Å². The summed E-state index contributed by atoms with van der Waals surface area (Å²) < 4.78 is 1.77. The average molecular weight is 406 g/mol. The minimum Gasteiger partial charge on any atom is -0.326 e. The molecular weight excluding hydrogens is 378 g/mol. The fraction of sp³-hybridized carbons (Fsp3) is 0.450. The molecule has 0 spiro atoms. The number of rotatable bonds is 6. The number of hydrogen-bond acceptors (Lipinski definition) is 4. The molecule has 28 heavy (non-hydrogen) atoms. The predicted octanol–water partition coefficient (Wildman–Crippen LogP) is 3.01. The standard InChI is InChI=1S/C20H27N5O2.ClH/c1-15(2)14-18(26)23-16-4-6-17(7-5-16)24-19(27)20(8-11-21-12-9-20)25-13-3-10-22-25;/h3-7,10,13,15,21H,8-9,11-12,14H2,1-2H3,(H,23,26)(H,24,27);1H. The zero-order valence-electron chi connectivity index (χ0n) is 16.3. The molecule has 7 nitrogen and oxygen atoms in total. The smallest absolute Gasteiger partial charge is 0.252 e. The van der Waals surface area contributed by atoms with Crippen LogP contribution in [0.3, 0.4) is 0 Å². The number of carbonyl (C=O) groups is 2. The third kappa shape index (κ3) is 5.11. The van der Waals surface area contributed by atoms with E-state index in [4.69, 9.17) is 0 Å². The number of amides is 2.